The number of nitrogens with zero attached hydrogens (tertiary/aromatic N) is 2. The highest BCUT2D eigenvalue weighted by atomic mass is 32.1. The zero-order valence-electron chi connectivity index (χ0n) is 32.4. The van der Waals surface area contributed by atoms with Crippen LogP contribution in [0.3, 0.4) is 0 Å². The molecular weight excluding hydrogens is 721 g/mol. The van der Waals surface area contributed by atoms with Crippen molar-refractivity contribution in [1.82, 2.24) is 0 Å². The van der Waals surface area contributed by atoms with Crippen molar-refractivity contribution in [2.24, 2.45) is 0 Å². The Morgan fingerprint density at radius 3 is 1.81 bits per heavy atom. The standard InChI is InChI=1S/C55H40N2S/c1-55(2)48-25-12-13-26-50(48)57(53-43-21-10-9-16-38(43)30-34-45(53)47-24-15-23-46-44-22-11-14-27-52(44)58-54(46)47)51-36-39(31-35-49(51)55)37-28-32-42(33-29-37)56(40-17-5-3-6-18-40)41-19-7-4-8-20-41/h3-36H,1-2H3. The highest BCUT2D eigenvalue weighted by molar-refractivity contribution is 7.26. The predicted molar refractivity (Wildman–Crippen MR) is 249 cm³/mol. The molecule has 0 amide bonds. The summed E-state index contributed by atoms with van der Waals surface area (Å²) < 4.78 is 2.63. The van der Waals surface area contributed by atoms with Crippen molar-refractivity contribution in [3.8, 4) is 22.3 Å². The van der Waals surface area contributed by atoms with Gasteiger partial charge in [0, 0.05) is 59.2 Å². The second-order valence-corrected chi connectivity index (χ2v) is 16.8. The van der Waals surface area contributed by atoms with Crippen LogP contribution < -0.4 is 9.80 Å². The van der Waals surface area contributed by atoms with Crippen LogP contribution in [0.1, 0.15) is 25.0 Å². The third-order valence-corrected chi connectivity index (χ3v) is 13.3. The smallest absolute Gasteiger partial charge is 0.0619 e. The molecule has 0 radical (unpaired) electrons. The molecule has 0 N–H and O–H groups in total. The zero-order valence-corrected chi connectivity index (χ0v) is 33.2. The molecule has 276 valence electrons. The van der Waals surface area contributed by atoms with Gasteiger partial charge in [-0.2, -0.15) is 0 Å². The molecule has 10 aromatic rings. The molecule has 0 bridgehead atoms. The summed E-state index contributed by atoms with van der Waals surface area (Å²) in [5.74, 6) is 0. The first-order chi connectivity index (χ1) is 28.5. The minimum Gasteiger partial charge on any atom is -0.311 e. The Kier molecular flexibility index (Phi) is 8.06. The molecule has 0 atom stereocenters. The maximum Gasteiger partial charge on any atom is 0.0619 e. The van der Waals surface area contributed by atoms with Crippen LogP contribution in [0.4, 0.5) is 34.1 Å². The summed E-state index contributed by atoms with van der Waals surface area (Å²) >= 11 is 1.89. The van der Waals surface area contributed by atoms with Gasteiger partial charge in [-0.15, -0.1) is 11.3 Å². The van der Waals surface area contributed by atoms with Crippen LogP contribution in [-0.4, -0.2) is 0 Å². The van der Waals surface area contributed by atoms with Crippen molar-refractivity contribution < 1.29 is 0 Å². The Balaban J connectivity index is 1.12. The fourth-order valence-corrected chi connectivity index (χ4v) is 10.4. The largest absolute Gasteiger partial charge is 0.311 e. The van der Waals surface area contributed by atoms with E-state index in [1.165, 1.54) is 81.4 Å². The average Bonchev–Trinajstić information content (AvgIpc) is 3.67. The Morgan fingerprint density at radius 1 is 0.431 bits per heavy atom. The molecule has 9 aromatic carbocycles. The van der Waals surface area contributed by atoms with Crippen LogP contribution in [-0.2, 0) is 5.41 Å². The molecule has 2 nitrogen and oxygen atoms in total. The van der Waals surface area contributed by atoms with E-state index in [4.69, 9.17) is 0 Å². The van der Waals surface area contributed by atoms with E-state index in [-0.39, 0.29) is 5.41 Å². The van der Waals surface area contributed by atoms with E-state index < -0.39 is 0 Å². The van der Waals surface area contributed by atoms with Crippen LogP contribution in [0.2, 0.25) is 0 Å². The molecule has 1 aliphatic rings. The average molecular weight is 761 g/mol. The Bertz CT molecular complexity index is 3100. The van der Waals surface area contributed by atoms with Gasteiger partial charge in [-0.05, 0) is 82.2 Å². The first-order valence-corrected chi connectivity index (χ1v) is 20.8. The summed E-state index contributed by atoms with van der Waals surface area (Å²) in [6, 6.07) is 75.6. The minimum absolute atomic E-state index is 0.215. The fraction of sp³-hybridized carbons (Fsp3) is 0.0545. The lowest BCUT2D eigenvalue weighted by molar-refractivity contribution is 0.632. The third kappa shape index (κ3) is 5.46. The molecule has 0 fully saturated rings. The van der Waals surface area contributed by atoms with Gasteiger partial charge >= 0.3 is 0 Å². The molecule has 0 unspecified atom stereocenters. The summed E-state index contributed by atoms with van der Waals surface area (Å²) in [6.45, 7) is 4.75. The molecule has 2 heterocycles. The topological polar surface area (TPSA) is 6.48 Å². The molecule has 0 saturated carbocycles. The zero-order chi connectivity index (χ0) is 38.8. The van der Waals surface area contributed by atoms with Crippen molar-refractivity contribution in [3.63, 3.8) is 0 Å². The van der Waals surface area contributed by atoms with E-state index >= 15 is 0 Å². The van der Waals surface area contributed by atoms with Crippen molar-refractivity contribution >= 4 is 76.4 Å². The lowest BCUT2D eigenvalue weighted by Crippen LogP contribution is -2.31. The normalized spacial score (nSPS) is 13.1. The van der Waals surface area contributed by atoms with Crippen LogP contribution in [0, 0.1) is 0 Å². The van der Waals surface area contributed by atoms with E-state index in [1.54, 1.807) is 0 Å². The van der Waals surface area contributed by atoms with Crippen LogP contribution in [0.5, 0.6) is 0 Å². The van der Waals surface area contributed by atoms with Gasteiger partial charge in [0.2, 0.25) is 0 Å². The van der Waals surface area contributed by atoms with Gasteiger partial charge in [0.1, 0.15) is 0 Å². The Labute approximate surface area is 343 Å². The summed E-state index contributed by atoms with van der Waals surface area (Å²) in [4.78, 5) is 4.89. The first kappa shape index (κ1) is 34.3. The maximum atomic E-state index is 2.57. The number of para-hydroxylation sites is 3. The summed E-state index contributed by atoms with van der Waals surface area (Å²) in [7, 11) is 0. The van der Waals surface area contributed by atoms with Crippen molar-refractivity contribution in [1.29, 1.82) is 0 Å². The third-order valence-electron chi connectivity index (χ3n) is 12.0. The van der Waals surface area contributed by atoms with E-state index in [0.29, 0.717) is 0 Å². The second-order valence-electron chi connectivity index (χ2n) is 15.7. The predicted octanol–water partition coefficient (Wildman–Crippen LogP) is 16.1. The monoisotopic (exact) mass is 760 g/mol. The second kappa shape index (κ2) is 13.6. The highest BCUT2D eigenvalue weighted by Crippen LogP contribution is 2.56. The Morgan fingerprint density at radius 2 is 1.03 bits per heavy atom. The molecule has 1 aliphatic heterocycles. The quantitative estimate of drug-likeness (QED) is 0.167. The maximum absolute atomic E-state index is 2.57. The van der Waals surface area contributed by atoms with Gasteiger partial charge in [0.25, 0.3) is 0 Å². The molecule has 58 heavy (non-hydrogen) atoms. The summed E-state index contributed by atoms with van der Waals surface area (Å²) in [5, 5.41) is 5.08. The molecule has 3 heteroatoms. The van der Waals surface area contributed by atoms with Crippen molar-refractivity contribution in [3.05, 3.63) is 217 Å². The molecule has 1 aromatic heterocycles. The van der Waals surface area contributed by atoms with Crippen LogP contribution in [0.25, 0.3) is 53.2 Å². The van der Waals surface area contributed by atoms with Gasteiger partial charge < -0.3 is 9.80 Å². The lowest BCUT2D eigenvalue weighted by Gasteiger charge is -2.43. The molecule has 0 saturated heterocycles. The fourth-order valence-electron chi connectivity index (χ4n) is 9.21. The Hall–Kier alpha value is -6.94. The molecule has 0 aliphatic carbocycles. The van der Waals surface area contributed by atoms with E-state index in [9.17, 15) is 0 Å². The van der Waals surface area contributed by atoms with Gasteiger partial charge in [0.15, 0.2) is 0 Å². The number of rotatable bonds is 6. The number of thiophene rings is 1. The van der Waals surface area contributed by atoms with Gasteiger partial charge in [-0.3, -0.25) is 0 Å². The van der Waals surface area contributed by atoms with Crippen molar-refractivity contribution in [2.75, 3.05) is 9.80 Å². The number of anilines is 6. The molecule has 0 spiro atoms. The minimum atomic E-state index is -0.215. The van der Waals surface area contributed by atoms with Gasteiger partial charge in [-0.1, -0.05) is 166 Å². The molecular formula is C55H40N2S. The number of hydrogen-bond donors (Lipinski definition) is 0. The summed E-state index contributed by atoms with van der Waals surface area (Å²) in [6.07, 6.45) is 0. The van der Waals surface area contributed by atoms with Crippen LogP contribution >= 0.6 is 11.3 Å². The number of fused-ring (bicyclic) bond motifs is 6. The first-order valence-electron chi connectivity index (χ1n) is 20.0. The van der Waals surface area contributed by atoms with Gasteiger partial charge in [-0.25, -0.2) is 0 Å². The van der Waals surface area contributed by atoms with E-state index in [0.717, 1.165) is 17.1 Å². The van der Waals surface area contributed by atoms with E-state index in [2.05, 4.69) is 230 Å². The number of hydrogen-bond acceptors (Lipinski definition) is 3. The van der Waals surface area contributed by atoms with E-state index in [1.807, 2.05) is 11.3 Å². The molecule has 11 rings (SSSR count). The SMILES string of the molecule is CC1(C)c2ccccc2N(c2c(-c3cccc4c3sc3ccccc34)ccc3ccccc23)c2cc(-c3ccc(N(c4ccccc4)c4ccccc4)cc3)ccc21. The lowest BCUT2D eigenvalue weighted by atomic mass is 9.73. The van der Waals surface area contributed by atoms with Gasteiger partial charge in [0.05, 0.1) is 17.1 Å². The highest BCUT2D eigenvalue weighted by Gasteiger charge is 2.38. The summed E-state index contributed by atoms with van der Waals surface area (Å²) in [5.41, 5.74) is 14.3. The van der Waals surface area contributed by atoms with Crippen LogP contribution in [0.15, 0.2) is 206 Å². The number of benzene rings is 9. The van der Waals surface area contributed by atoms with Crippen molar-refractivity contribution in [2.45, 2.75) is 19.3 Å².